The van der Waals surface area contributed by atoms with Crippen LogP contribution in [0.4, 0.5) is 13.2 Å². The Balaban J connectivity index is 1.66. The van der Waals surface area contributed by atoms with Gasteiger partial charge in [0.2, 0.25) is 0 Å². The van der Waals surface area contributed by atoms with Crippen molar-refractivity contribution in [2.75, 3.05) is 0 Å². The molecular weight excluding hydrogens is 393 g/mol. The highest BCUT2D eigenvalue weighted by molar-refractivity contribution is 6.04. The number of hydrogen-bond acceptors (Lipinski definition) is 2. The van der Waals surface area contributed by atoms with Crippen molar-refractivity contribution in [3.8, 4) is 11.1 Å². The largest absolute Gasteiger partial charge is 0.478 e. The Hall–Kier alpha value is -3.41. The molecule has 3 aromatic rings. The van der Waals surface area contributed by atoms with Crippen molar-refractivity contribution >= 4 is 11.8 Å². The van der Waals surface area contributed by atoms with E-state index in [2.05, 4.69) is 0 Å². The molecule has 3 aromatic carbocycles. The number of alkyl halides is 3. The smallest absolute Gasteiger partial charge is 0.416 e. The average Bonchev–Trinajstić information content (AvgIpc) is 3.03. The van der Waals surface area contributed by atoms with Crippen LogP contribution in [0.1, 0.15) is 37.4 Å². The van der Waals surface area contributed by atoms with Gasteiger partial charge in [0.15, 0.2) is 5.78 Å². The van der Waals surface area contributed by atoms with Gasteiger partial charge in [-0.25, -0.2) is 4.79 Å². The molecule has 1 unspecified atom stereocenters. The Kier molecular flexibility index (Phi) is 4.94. The minimum atomic E-state index is -4.44. The summed E-state index contributed by atoms with van der Waals surface area (Å²) in [4.78, 5) is 24.1. The summed E-state index contributed by atoms with van der Waals surface area (Å²) in [6, 6.07) is 16.7. The quantitative estimate of drug-likeness (QED) is 0.603. The lowest BCUT2D eigenvalue weighted by molar-refractivity contribution is -0.137. The number of ketones is 1. The van der Waals surface area contributed by atoms with Crippen LogP contribution < -0.4 is 0 Å². The van der Waals surface area contributed by atoms with E-state index in [1.165, 1.54) is 12.1 Å². The molecule has 30 heavy (non-hydrogen) atoms. The van der Waals surface area contributed by atoms with E-state index in [0.29, 0.717) is 29.5 Å². The molecule has 0 heterocycles. The fraction of sp³-hybridized carbons (Fsp3) is 0.167. The molecule has 0 bridgehead atoms. The fourth-order valence-corrected chi connectivity index (χ4v) is 4.01. The van der Waals surface area contributed by atoms with Crippen molar-refractivity contribution in [2.24, 2.45) is 5.92 Å². The molecule has 0 saturated carbocycles. The van der Waals surface area contributed by atoms with Gasteiger partial charge in [-0.15, -0.1) is 0 Å². The minimum absolute atomic E-state index is 0.0699. The van der Waals surface area contributed by atoms with Crippen LogP contribution in [0, 0.1) is 5.92 Å². The number of halogens is 3. The number of carbonyl (C=O) groups is 2. The number of carbonyl (C=O) groups excluding carboxylic acids is 1. The molecule has 0 aliphatic heterocycles. The maximum atomic E-state index is 13.1. The summed E-state index contributed by atoms with van der Waals surface area (Å²) < 4.78 is 39.4. The first-order valence-electron chi connectivity index (χ1n) is 9.40. The number of Topliss-reactive ketones (excluding diaryl/α,β-unsaturated/α-hetero) is 1. The number of rotatable bonds is 4. The van der Waals surface area contributed by atoms with E-state index >= 15 is 0 Å². The van der Waals surface area contributed by atoms with Crippen molar-refractivity contribution < 1.29 is 27.9 Å². The van der Waals surface area contributed by atoms with Gasteiger partial charge in [0.25, 0.3) is 0 Å². The van der Waals surface area contributed by atoms with E-state index in [1.54, 1.807) is 42.5 Å². The molecule has 1 aliphatic carbocycles. The molecule has 0 saturated heterocycles. The van der Waals surface area contributed by atoms with Crippen LogP contribution in [0.2, 0.25) is 0 Å². The fourth-order valence-electron chi connectivity index (χ4n) is 4.01. The van der Waals surface area contributed by atoms with Gasteiger partial charge in [0, 0.05) is 11.5 Å². The van der Waals surface area contributed by atoms with Gasteiger partial charge in [-0.2, -0.15) is 13.2 Å². The van der Waals surface area contributed by atoms with E-state index in [0.717, 1.165) is 23.3 Å². The molecule has 152 valence electrons. The van der Waals surface area contributed by atoms with E-state index in [4.69, 9.17) is 5.11 Å². The summed E-state index contributed by atoms with van der Waals surface area (Å²) >= 11 is 0. The molecule has 0 radical (unpaired) electrons. The standard InChI is InChI=1S/C24H17F3O3/c25-24(26,27)18-7-2-5-15(12-18)19-8-3-9-20-21(19)13-17(22(20)28)11-14-4-1-6-16(10-14)23(29)30/h1-10,12,17H,11,13H2,(H,29,30). The molecule has 1 atom stereocenters. The molecular formula is C24H17F3O3. The van der Waals surface area contributed by atoms with Crippen molar-refractivity contribution in [2.45, 2.75) is 19.0 Å². The third kappa shape index (κ3) is 3.73. The van der Waals surface area contributed by atoms with Gasteiger partial charge in [-0.3, -0.25) is 4.79 Å². The first kappa shape index (κ1) is 19.9. The summed E-state index contributed by atoms with van der Waals surface area (Å²) in [6.07, 6.45) is -3.67. The number of carboxylic acid groups (broad SMARTS) is 1. The zero-order valence-electron chi connectivity index (χ0n) is 15.7. The third-order valence-electron chi connectivity index (χ3n) is 5.42. The number of benzene rings is 3. The summed E-state index contributed by atoms with van der Waals surface area (Å²) in [5.74, 6) is -1.49. The van der Waals surface area contributed by atoms with Crippen molar-refractivity contribution in [3.63, 3.8) is 0 Å². The summed E-state index contributed by atoms with van der Waals surface area (Å²) in [5, 5.41) is 9.16. The Morgan fingerprint density at radius 2 is 1.67 bits per heavy atom. The molecule has 3 nitrogen and oxygen atoms in total. The lowest BCUT2D eigenvalue weighted by atomic mass is 9.93. The van der Waals surface area contributed by atoms with Crippen LogP contribution in [0.3, 0.4) is 0 Å². The van der Waals surface area contributed by atoms with E-state index in [-0.39, 0.29) is 17.3 Å². The van der Waals surface area contributed by atoms with Crippen LogP contribution >= 0.6 is 0 Å². The Morgan fingerprint density at radius 1 is 0.967 bits per heavy atom. The first-order valence-corrected chi connectivity index (χ1v) is 9.40. The van der Waals surface area contributed by atoms with Gasteiger partial charge in [0.1, 0.15) is 0 Å². The number of hydrogen-bond donors (Lipinski definition) is 1. The summed E-state index contributed by atoms with van der Waals surface area (Å²) in [7, 11) is 0. The monoisotopic (exact) mass is 410 g/mol. The van der Waals surface area contributed by atoms with Crippen LogP contribution in [-0.4, -0.2) is 16.9 Å². The number of aromatic carboxylic acids is 1. The molecule has 0 fully saturated rings. The number of fused-ring (bicyclic) bond motifs is 1. The van der Waals surface area contributed by atoms with Gasteiger partial charge in [-0.05, 0) is 59.4 Å². The Labute approximate surface area is 170 Å². The second-order valence-electron chi connectivity index (χ2n) is 7.39. The lowest BCUT2D eigenvalue weighted by Crippen LogP contribution is -2.12. The zero-order valence-corrected chi connectivity index (χ0v) is 15.7. The summed E-state index contributed by atoms with van der Waals surface area (Å²) in [6.45, 7) is 0. The lowest BCUT2D eigenvalue weighted by Gasteiger charge is -2.12. The minimum Gasteiger partial charge on any atom is -0.478 e. The average molecular weight is 410 g/mol. The van der Waals surface area contributed by atoms with E-state index < -0.39 is 17.7 Å². The normalized spacial score (nSPS) is 15.8. The predicted octanol–water partition coefficient (Wildman–Crippen LogP) is 5.67. The van der Waals surface area contributed by atoms with Crippen LogP contribution in [0.5, 0.6) is 0 Å². The summed E-state index contributed by atoms with van der Waals surface area (Å²) in [5.41, 5.74) is 2.45. The molecule has 0 aromatic heterocycles. The van der Waals surface area contributed by atoms with Crippen LogP contribution in [-0.2, 0) is 19.0 Å². The SMILES string of the molecule is O=C(O)c1cccc(CC2Cc3c(cccc3-c3cccc(C(F)(F)F)c3)C2=O)c1. The zero-order chi connectivity index (χ0) is 21.5. The highest BCUT2D eigenvalue weighted by Gasteiger charge is 2.34. The third-order valence-corrected chi connectivity index (χ3v) is 5.42. The predicted molar refractivity (Wildman–Crippen MR) is 106 cm³/mol. The van der Waals surface area contributed by atoms with Gasteiger partial charge < -0.3 is 5.11 Å². The van der Waals surface area contributed by atoms with E-state index in [9.17, 15) is 22.8 Å². The Bertz CT molecular complexity index is 1150. The molecule has 6 heteroatoms. The van der Waals surface area contributed by atoms with Gasteiger partial charge in [-0.1, -0.05) is 42.5 Å². The number of carboxylic acids is 1. The molecule has 1 N–H and O–H groups in total. The molecule has 4 rings (SSSR count). The van der Waals surface area contributed by atoms with Crippen LogP contribution in [0.15, 0.2) is 66.7 Å². The van der Waals surface area contributed by atoms with Crippen molar-refractivity contribution in [3.05, 3.63) is 94.5 Å². The first-order chi connectivity index (χ1) is 14.2. The van der Waals surface area contributed by atoms with Crippen molar-refractivity contribution in [1.82, 2.24) is 0 Å². The maximum Gasteiger partial charge on any atom is 0.416 e. The maximum absolute atomic E-state index is 13.1. The second-order valence-corrected chi connectivity index (χ2v) is 7.39. The topological polar surface area (TPSA) is 54.4 Å². The van der Waals surface area contributed by atoms with Crippen LogP contribution in [0.25, 0.3) is 11.1 Å². The molecule has 0 spiro atoms. The molecule has 1 aliphatic rings. The van der Waals surface area contributed by atoms with Gasteiger partial charge >= 0.3 is 12.1 Å². The van der Waals surface area contributed by atoms with E-state index in [1.807, 2.05) is 0 Å². The highest BCUT2D eigenvalue weighted by atomic mass is 19.4. The highest BCUT2D eigenvalue weighted by Crippen LogP contribution is 2.38. The van der Waals surface area contributed by atoms with Crippen molar-refractivity contribution in [1.29, 1.82) is 0 Å². The van der Waals surface area contributed by atoms with Gasteiger partial charge in [0.05, 0.1) is 11.1 Å². The Morgan fingerprint density at radius 3 is 2.40 bits per heavy atom. The second kappa shape index (κ2) is 7.44. The molecule has 0 amide bonds.